The van der Waals surface area contributed by atoms with Gasteiger partial charge in [-0.25, -0.2) is 0 Å². The lowest BCUT2D eigenvalue weighted by Crippen LogP contribution is -2.36. The number of nitrogens with one attached hydrogen (secondary N) is 1. The largest absolute Gasteiger partial charge is 0.348 e. The number of alkyl halides is 1. The fraction of sp³-hybridized carbons (Fsp3) is 0.583. The van der Waals surface area contributed by atoms with Crippen LogP contribution in [-0.4, -0.2) is 10.7 Å². The van der Waals surface area contributed by atoms with Gasteiger partial charge in [0, 0.05) is 4.88 Å². The molecule has 0 aromatic carbocycles. The topological polar surface area (TPSA) is 29.1 Å². The molecule has 0 aliphatic heterocycles. The van der Waals surface area contributed by atoms with E-state index >= 15 is 0 Å². The van der Waals surface area contributed by atoms with Crippen LogP contribution in [0.25, 0.3) is 0 Å². The van der Waals surface area contributed by atoms with Crippen LogP contribution >= 0.6 is 27.3 Å². The molecule has 2 unspecified atom stereocenters. The van der Waals surface area contributed by atoms with Gasteiger partial charge in [-0.3, -0.25) is 4.79 Å². The van der Waals surface area contributed by atoms with Crippen molar-refractivity contribution in [3.05, 3.63) is 22.4 Å². The molecule has 0 saturated carbocycles. The molecular formula is C12H18BrNOS. The Labute approximate surface area is 110 Å². The van der Waals surface area contributed by atoms with Crippen LogP contribution in [0.15, 0.2) is 17.5 Å². The standard InChI is InChI=1S/C12H18BrNOS/c1-4-9(10-6-5-7-16-10)14-12(15)11(13)8(2)3/h5-9,11H,4H2,1-3H3,(H,14,15). The van der Waals surface area contributed by atoms with Gasteiger partial charge in [0.05, 0.1) is 10.9 Å². The van der Waals surface area contributed by atoms with Gasteiger partial charge in [0.1, 0.15) is 0 Å². The summed E-state index contributed by atoms with van der Waals surface area (Å²) in [7, 11) is 0. The lowest BCUT2D eigenvalue weighted by atomic mass is 10.1. The average molecular weight is 304 g/mol. The summed E-state index contributed by atoms with van der Waals surface area (Å²) in [6.45, 7) is 6.15. The zero-order chi connectivity index (χ0) is 12.1. The molecule has 16 heavy (non-hydrogen) atoms. The van der Waals surface area contributed by atoms with Crippen LogP contribution in [0.2, 0.25) is 0 Å². The number of carbonyl (C=O) groups is 1. The van der Waals surface area contributed by atoms with E-state index in [-0.39, 0.29) is 16.8 Å². The first-order valence-corrected chi connectivity index (χ1v) is 7.33. The van der Waals surface area contributed by atoms with Gasteiger partial charge in [0.15, 0.2) is 0 Å². The van der Waals surface area contributed by atoms with Crippen LogP contribution in [0.4, 0.5) is 0 Å². The predicted molar refractivity (Wildman–Crippen MR) is 73.0 cm³/mol. The van der Waals surface area contributed by atoms with Gasteiger partial charge >= 0.3 is 0 Å². The number of thiophene rings is 1. The molecule has 2 nitrogen and oxygen atoms in total. The summed E-state index contributed by atoms with van der Waals surface area (Å²) in [5.74, 6) is 0.385. The van der Waals surface area contributed by atoms with Crippen LogP contribution in [0.5, 0.6) is 0 Å². The maximum absolute atomic E-state index is 11.9. The monoisotopic (exact) mass is 303 g/mol. The van der Waals surface area contributed by atoms with E-state index in [0.717, 1.165) is 6.42 Å². The number of hydrogen-bond donors (Lipinski definition) is 1. The van der Waals surface area contributed by atoms with Gasteiger partial charge in [-0.1, -0.05) is 42.8 Å². The van der Waals surface area contributed by atoms with Crippen LogP contribution in [-0.2, 0) is 4.79 Å². The van der Waals surface area contributed by atoms with Gasteiger partial charge in [0.2, 0.25) is 5.91 Å². The first-order valence-electron chi connectivity index (χ1n) is 5.54. The lowest BCUT2D eigenvalue weighted by Gasteiger charge is -2.19. The van der Waals surface area contributed by atoms with Gasteiger partial charge in [-0.15, -0.1) is 11.3 Å². The quantitative estimate of drug-likeness (QED) is 0.825. The van der Waals surface area contributed by atoms with Crippen molar-refractivity contribution in [3.63, 3.8) is 0 Å². The van der Waals surface area contributed by atoms with Crippen LogP contribution in [0, 0.1) is 5.92 Å². The Balaban J connectivity index is 2.61. The fourth-order valence-corrected chi connectivity index (χ4v) is 2.41. The second kappa shape index (κ2) is 6.40. The Bertz CT molecular complexity index is 324. The highest BCUT2D eigenvalue weighted by molar-refractivity contribution is 9.10. The van der Waals surface area contributed by atoms with Crippen molar-refractivity contribution in [2.45, 2.75) is 38.1 Å². The molecule has 0 spiro atoms. The second-order valence-electron chi connectivity index (χ2n) is 4.13. The molecule has 0 aliphatic carbocycles. The van der Waals surface area contributed by atoms with Gasteiger partial charge < -0.3 is 5.32 Å². The van der Waals surface area contributed by atoms with Crippen LogP contribution < -0.4 is 5.32 Å². The third kappa shape index (κ3) is 3.59. The van der Waals surface area contributed by atoms with Crippen molar-refractivity contribution < 1.29 is 4.79 Å². The SMILES string of the molecule is CCC(NC(=O)C(Br)C(C)C)c1cccs1. The van der Waals surface area contributed by atoms with E-state index in [4.69, 9.17) is 0 Å². The summed E-state index contributed by atoms with van der Waals surface area (Å²) in [5, 5.41) is 5.11. The highest BCUT2D eigenvalue weighted by atomic mass is 79.9. The summed E-state index contributed by atoms with van der Waals surface area (Å²) in [6, 6.07) is 4.23. The summed E-state index contributed by atoms with van der Waals surface area (Å²) < 4.78 is 0. The van der Waals surface area contributed by atoms with E-state index in [0.29, 0.717) is 5.92 Å². The van der Waals surface area contributed by atoms with Crippen molar-refractivity contribution in [2.24, 2.45) is 5.92 Å². The zero-order valence-electron chi connectivity index (χ0n) is 9.87. The van der Waals surface area contributed by atoms with Crippen molar-refractivity contribution in [3.8, 4) is 0 Å². The molecule has 90 valence electrons. The number of amides is 1. The lowest BCUT2D eigenvalue weighted by molar-refractivity contribution is -0.121. The van der Waals surface area contributed by atoms with E-state index < -0.39 is 0 Å². The molecule has 0 fully saturated rings. The van der Waals surface area contributed by atoms with E-state index in [1.54, 1.807) is 11.3 Å². The molecule has 1 heterocycles. The Morgan fingerprint density at radius 3 is 2.69 bits per heavy atom. The minimum Gasteiger partial charge on any atom is -0.348 e. The molecular weight excluding hydrogens is 286 g/mol. The van der Waals surface area contributed by atoms with E-state index in [1.165, 1.54) is 4.88 Å². The fourth-order valence-electron chi connectivity index (χ4n) is 1.42. The van der Waals surface area contributed by atoms with E-state index in [9.17, 15) is 4.79 Å². The van der Waals surface area contributed by atoms with Crippen LogP contribution in [0.1, 0.15) is 38.1 Å². The molecule has 1 aromatic rings. The first kappa shape index (κ1) is 13.7. The van der Waals surface area contributed by atoms with Gasteiger partial charge in [0.25, 0.3) is 0 Å². The summed E-state index contributed by atoms with van der Waals surface area (Å²) in [5.41, 5.74) is 0. The molecule has 0 saturated heterocycles. The Kier molecular flexibility index (Phi) is 5.49. The summed E-state index contributed by atoms with van der Waals surface area (Å²) in [6.07, 6.45) is 0.921. The van der Waals surface area contributed by atoms with Crippen LogP contribution in [0.3, 0.4) is 0 Å². The number of rotatable bonds is 5. The minimum absolute atomic E-state index is 0.0789. The van der Waals surface area contributed by atoms with Crippen molar-refractivity contribution in [1.29, 1.82) is 0 Å². The van der Waals surface area contributed by atoms with E-state index in [2.05, 4.69) is 34.2 Å². The minimum atomic E-state index is -0.110. The van der Waals surface area contributed by atoms with Crippen molar-refractivity contribution in [1.82, 2.24) is 5.32 Å². The third-order valence-corrected chi connectivity index (χ3v) is 4.91. The molecule has 2 atom stereocenters. The van der Waals surface area contributed by atoms with Crippen molar-refractivity contribution in [2.75, 3.05) is 0 Å². The normalized spacial score (nSPS) is 14.8. The summed E-state index contributed by atoms with van der Waals surface area (Å²) in [4.78, 5) is 13.0. The number of halogens is 1. The third-order valence-electron chi connectivity index (χ3n) is 2.45. The zero-order valence-corrected chi connectivity index (χ0v) is 12.3. The molecule has 1 amide bonds. The highest BCUT2D eigenvalue weighted by Crippen LogP contribution is 2.23. The molecule has 0 aliphatic rings. The van der Waals surface area contributed by atoms with Crippen molar-refractivity contribution >= 4 is 33.2 Å². The maximum Gasteiger partial charge on any atom is 0.234 e. The first-order chi connectivity index (χ1) is 7.56. The summed E-state index contributed by atoms with van der Waals surface area (Å²) >= 11 is 5.11. The molecule has 1 rings (SSSR count). The molecule has 1 N–H and O–H groups in total. The molecule has 1 aromatic heterocycles. The molecule has 0 bridgehead atoms. The highest BCUT2D eigenvalue weighted by Gasteiger charge is 2.21. The molecule has 0 radical (unpaired) electrons. The predicted octanol–water partition coefficient (Wildman–Crippen LogP) is 3.73. The van der Waals surface area contributed by atoms with Gasteiger partial charge in [-0.05, 0) is 23.8 Å². The van der Waals surface area contributed by atoms with E-state index in [1.807, 2.05) is 25.3 Å². The Morgan fingerprint density at radius 2 is 2.25 bits per heavy atom. The molecule has 4 heteroatoms. The van der Waals surface area contributed by atoms with Gasteiger partial charge in [-0.2, -0.15) is 0 Å². The maximum atomic E-state index is 11.9. The Hall–Kier alpha value is -0.350. The Morgan fingerprint density at radius 1 is 1.56 bits per heavy atom. The number of carbonyl (C=O) groups excluding carboxylic acids is 1. The average Bonchev–Trinajstić information content (AvgIpc) is 2.77. The number of hydrogen-bond acceptors (Lipinski definition) is 2. The smallest absolute Gasteiger partial charge is 0.234 e. The second-order valence-corrected chi connectivity index (χ2v) is 6.10.